The van der Waals surface area contributed by atoms with Gasteiger partial charge >= 0.3 is 0 Å². The third-order valence-corrected chi connectivity index (χ3v) is 3.57. The molecule has 2 aliphatic rings. The molecule has 1 aliphatic heterocycles. The van der Waals surface area contributed by atoms with Gasteiger partial charge in [0.2, 0.25) is 0 Å². The average molecular weight is 168 g/mol. The molecule has 1 atom stereocenters. The second-order valence-corrected chi connectivity index (χ2v) is 4.65. The van der Waals surface area contributed by atoms with Gasteiger partial charge in [-0.1, -0.05) is 12.2 Å². The highest BCUT2D eigenvalue weighted by molar-refractivity contribution is 7.85. The first-order valence-corrected chi connectivity index (χ1v) is 5.58. The molecule has 0 radical (unpaired) electrons. The highest BCUT2D eigenvalue weighted by Crippen LogP contribution is 2.26. The fraction of sp³-hybridized carbons (Fsp3) is 0.556. The Balaban J connectivity index is 2.22. The SMILES string of the molecule is O=S1CCC2=CCCC=C2C1. The van der Waals surface area contributed by atoms with Gasteiger partial charge in [0.05, 0.1) is 0 Å². The van der Waals surface area contributed by atoms with Crippen LogP contribution in [0.2, 0.25) is 0 Å². The predicted molar refractivity (Wildman–Crippen MR) is 47.9 cm³/mol. The molecule has 0 saturated carbocycles. The predicted octanol–water partition coefficient (Wildman–Crippen LogP) is 1.79. The van der Waals surface area contributed by atoms with Crippen molar-refractivity contribution in [3.05, 3.63) is 23.3 Å². The fourth-order valence-corrected chi connectivity index (χ4v) is 2.90. The Morgan fingerprint density at radius 1 is 1.18 bits per heavy atom. The van der Waals surface area contributed by atoms with Crippen molar-refractivity contribution in [2.75, 3.05) is 11.5 Å². The molecule has 0 bridgehead atoms. The van der Waals surface area contributed by atoms with E-state index in [1.165, 1.54) is 17.6 Å². The van der Waals surface area contributed by atoms with E-state index in [1.54, 1.807) is 0 Å². The molecule has 0 aromatic heterocycles. The van der Waals surface area contributed by atoms with Crippen LogP contribution in [0.15, 0.2) is 23.3 Å². The average Bonchev–Trinajstić information content (AvgIpc) is 2.04. The van der Waals surface area contributed by atoms with Gasteiger partial charge in [0.15, 0.2) is 0 Å². The molecule has 60 valence electrons. The summed E-state index contributed by atoms with van der Waals surface area (Å²) < 4.78 is 11.2. The summed E-state index contributed by atoms with van der Waals surface area (Å²) in [6, 6.07) is 0. The van der Waals surface area contributed by atoms with E-state index in [4.69, 9.17) is 0 Å². The first kappa shape index (κ1) is 7.29. The lowest BCUT2D eigenvalue weighted by Gasteiger charge is -2.20. The second-order valence-electron chi connectivity index (χ2n) is 3.07. The summed E-state index contributed by atoms with van der Waals surface area (Å²) in [4.78, 5) is 0. The van der Waals surface area contributed by atoms with Crippen LogP contribution in [0.25, 0.3) is 0 Å². The molecule has 0 N–H and O–H groups in total. The van der Waals surface area contributed by atoms with Gasteiger partial charge in [-0.3, -0.25) is 4.21 Å². The highest BCUT2D eigenvalue weighted by atomic mass is 32.2. The summed E-state index contributed by atoms with van der Waals surface area (Å²) in [7, 11) is -0.568. The molecule has 1 aliphatic carbocycles. The van der Waals surface area contributed by atoms with Gasteiger partial charge in [-0.2, -0.15) is 0 Å². The minimum absolute atomic E-state index is 0.568. The topological polar surface area (TPSA) is 17.1 Å². The Bertz CT molecular complexity index is 250. The normalized spacial score (nSPS) is 30.4. The molecule has 1 heterocycles. The van der Waals surface area contributed by atoms with Crippen molar-refractivity contribution in [1.29, 1.82) is 0 Å². The maximum absolute atomic E-state index is 11.2. The van der Waals surface area contributed by atoms with Crippen molar-refractivity contribution >= 4 is 10.8 Å². The van der Waals surface area contributed by atoms with Gasteiger partial charge in [-0.05, 0) is 30.4 Å². The molecule has 1 fully saturated rings. The monoisotopic (exact) mass is 168 g/mol. The summed E-state index contributed by atoms with van der Waals surface area (Å²) in [5.41, 5.74) is 2.83. The third kappa shape index (κ3) is 1.45. The van der Waals surface area contributed by atoms with E-state index >= 15 is 0 Å². The van der Waals surface area contributed by atoms with Crippen molar-refractivity contribution < 1.29 is 4.21 Å². The van der Waals surface area contributed by atoms with Crippen LogP contribution in [0, 0.1) is 0 Å². The van der Waals surface area contributed by atoms with Crippen LogP contribution in [-0.2, 0) is 10.8 Å². The first-order valence-electron chi connectivity index (χ1n) is 4.09. The zero-order chi connectivity index (χ0) is 7.68. The Hall–Kier alpha value is -0.370. The number of hydrogen-bond donors (Lipinski definition) is 0. The highest BCUT2D eigenvalue weighted by Gasteiger charge is 2.17. The number of rotatable bonds is 0. The van der Waals surface area contributed by atoms with Gasteiger partial charge in [0, 0.05) is 22.3 Å². The van der Waals surface area contributed by atoms with Crippen molar-refractivity contribution in [3.63, 3.8) is 0 Å². The molecule has 1 saturated heterocycles. The molecule has 2 rings (SSSR count). The van der Waals surface area contributed by atoms with Crippen LogP contribution in [0.5, 0.6) is 0 Å². The lowest BCUT2D eigenvalue weighted by molar-refractivity contribution is 0.681. The van der Waals surface area contributed by atoms with E-state index in [9.17, 15) is 4.21 Å². The molecule has 0 amide bonds. The number of hydrogen-bond acceptors (Lipinski definition) is 1. The van der Waals surface area contributed by atoms with Gasteiger partial charge in [-0.15, -0.1) is 0 Å². The quantitative estimate of drug-likeness (QED) is 0.539. The largest absolute Gasteiger partial charge is 0.259 e. The Kier molecular flexibility index (Phi) is 1.95. The van der Waals surface area contributed by atoms with Crippen LogP contribution in [0.3, 0.4) is 0 Å². The number of fused-ring (bicyclic) bond motifs is 1. The van der Waals surface area contributed by atoms with Gasteiger partial charge < -0.3 is 0 Å². The van der Waals surface area contributed by atoms with E-state index < -0.39 is 10.8 Å². The maximum atomic E-state index is 11.2. The molecule has 0 aromatic carbocycles. The molecular formula is C9H12OS. The zero-order valence-corrected chi connectivity index (χ0v) is 7.32. The summed E-state index contributed by atoms with van der Waals surface area (Å²) >= 11 is 0. The van der Waals surface area contributed by atoms with Crippen molar-refractivity contribution in [2.45, 2.75) is 19.3 Å². The van der Waals surface area contributed by atoms with Crippen LogP contribution in [-0.4, -0.2) is 15.7 Å². The minimum atomic E-state index is -0.568. The van der Waals surface area contributed by atoms with Gasteiger partial charge in [0.25, 0.3) is 0 Å². The van der Waals surface area contributed by atoms with Crippen molar-refractivity contribution in [1.82, 2.24) is 0 Å². The lowest BCUT2D eigenvalue weighted by Crippen LogP contribution is -2.16. The summed E-state index contributed by atoms with van der Waals surface area (Å²) in [6.07, 6.45) is 7.94. The zero-order valence-electron chi connectivity index (χ0n) is 6.51. The van der Waals surface area contributed by atoms with Gasteiger partial charge in [-0.25, -0.2) is 0 Å². The van der Waals surface area contributed by atoms with E-state index in [0.29, 0.717) is 0 Å². The Morgan fingerprint density at radius 3 is 2.73 bits per heavy atom. The third-order valence-electron chi connectivity index (χ3n) is 2.28. The lowest BCUT2D eigenvalue weighted by atomic mass is 9.97. The second kappa shape index (κ2) is 2.94. The van der Waals surface area contributed by atoms with Crippen molar-refractivity contribution in [3.8, 4) is 0 Å². The Morgan fingerprint density at radius 2 is 1.91 bits per heavy atom. The standard InChI is InChI=1S/C9H12OS/c10-11-6-5-8-3-1-2-4-9(8)7-11/h3-4H,1-2,5-7H2. The minimum Gasteiger partial charge on any atom is -0.259 e. The van der Waals surface area contributed by atoms with E-state index in [0.717, 1.165) is 24.3 Å². The number of allylic oxidation sites excluding steroid dienone is 3. The fourth-order valence-electron chi connectivity index (χ4n) is 1.66. The van der Waals surface area contributed by atoms with E-state index in [1.807, 2.05) is 0 Å². The first-order chi connectivity index (χ1) is 5.36. The molecule has 1 nitrogen and oxygen atoms in total. The molecule has 1 unspecified atom stereocenters. The van der Waals surface area contributed by atoms with E-state index in [2.05, 4.69) is 12.2 Å². The Labute approximate surface area is 69.6 Å². The van der Waals surface area contributed by atoms with Crippen LogP contribution >= 0.6 is 0 Å². The van der Waals surface area contributed by atoms with Gasteiger partial charge in [0.1, 0.15) is 0 Å². The summed E-state index contributed by atoms with van der Waals surface area (Å²) in [5, 5.41) is 0. The van der Waals surface area contributed by atoms with E-state index in [-0.39, 0.29) is 0 Å². The van der Waals surface area contributed by atoms with Crippen LogP contribution in [0.4, 0.5) is 0 Å². The molecule has 0 aromatic rings. The molecular weight excluding hydrogens is 156 g/mol. The summed E-state index contributed by atoms with van der Waals surface area (Å²) in [6.45, 7) is 0. The molecule has 2 heteroatoms. The smallest absolute Gasteiger partial charge is 0.0485 e. The summed E-state index contributed by atoms with van der Waals surface area (Å²) in [5.74, 6) is 1.69. The molecule has 0 spiro atoms. The van der Waals surface area contributed by atoms with Crippen LogP contribution < -0.4 is 0 Å². The maximum Gasteiger partial charge on any atom is 0.0485 e. The van der Waals surface area contributed by atoms with Crippen LogP contribution in [0.1, 0.15) is 19.3 Å². The van der Waals surface area contributed by atoms with Crippen molar-refractivity contribution in [2.24, 2.45) is 0 Å². The molecule has 11 heavy (non-hydrogen) atoms.